The lowest BCUT2D eigenvalue weighted by molar-refractivity contribution is -0.272. The van der Waals surface area contributed by atoms with Crippen molar-refractivity contribution in [3.8, 4) is 5.88 Å². The number of nitrogen functional groups attached to an aromatic ring is 1. The van der Waals surface area contributed by atoms with Crippen LogP contribution in [-0.4, -0.2) is 64.0 Å². The number of carboxylic acid groups (broad SMARTS) is 3. The highest BCUT2D eigenvalue weighted by Gasteiger charge is 2.71. The van der Waals surface area contributed by atoms with Crippen LogP contribution < -0.4 is 21.1 Å². The third-order valence-electron chi connectivity index (χ3n) is 8.20. The summed E-state index contributed by atoms with van der Waals surface area (Å²) in [5, 5.41) is 85.2. The van der Waals surface area contributed by atoms with E-state index < -0.39 is 87.2 Å². The Balaban J connectivity index is 1.75. The third-order valence-corrected chi connectivity index (χ3v) is 8.20. The molecule has 16 heteroatoms. The Kier molecular flexibility index (Phi) is 7.36. The Morgan fingerprint density at radius 2 is 1.40 bits per heavy atom. The fourth-order valence-corrected chi connectivity index (χ4v) is 6.19. The predicted molar refractivity (Wildman–Crippen MR) is 151 cm³/mol. The number of nitrogens with zero attached hydrogens (tertiary/aromatic N) is 4. The number of fused-ring (bicyclic) bond motifs is 1. The lowest BCUT2D eigenvalue weighted by atomic mass is 9.67. The van der Waals surface area contributed by atoms with E-state index in [9.17, 15) is 50.1 Å². The molecule has 0 bridgehead atoms. The van der Waals surface area contributed by atoms with Gasteiger partial charge in [0, 0.05) is 22.6 Å². The van der Waals surface area contributed by atoms with E-state index in [0.717, 1.165) is 41.2 Å². The van der Waals surface area contributed by atoms with Crippen molar-refractivity contribution in [1.29, 1.82) is 0 Å². The highest BCUT2D eigenvalue weighted by molar-refractivity contribution is 5.91. The van der Waals surface area contributed by atoms with E-state index in [0.29, 0.717) is 0 Å². The van der Waals surface area contributed by atoms with Gasteiger partial charge in [-0.3, -0.25) is 4.57 Å². The summed E-state index contributed by atoms with van der Waals surface area (Å²) in [6.07, 6.45) is -5.49. The van der Waals surface area contributed by atoms with Gasteiger partial charge in [0.1, 0.15) is 17.7 Å². The van der Waals surface area contributed by atoms with E-state index in [1.54, 1.807) is 0 Å². The lowest BCUT2D eigenvalue weighted by Gasteiger charge is -2.44. The fraction of sp³-hybridized carbons (Fsp3) is 0.161. The molecule has 0 amide bonds. The number of ether oxygens (including phenoxy) is 1. The zero-order chi connectivity index (χ0) is 33.8. The summed E-state index contributed by atoms with van der Waals surface area (Å²) >= 11 is 0. The first-order valence-corrected chi connectivity index (χ1v) is 13.7. The molecule has 240 valence electrons. The first-order valence-electron chi connectivity index (χ1n) is 13.7. The predicted octanol–water partition coefficient (Wildman–Crippen LogP) is -1.69. The molecule has 0 aliphatic carbocycles. The summed E-state index contributed by atoms with van der Waals surface area (Å²) in [6.45, 7) is 0. The Bertz CT molecular complexity index is 2080. The summed E-state index contributed by atoms with van der Waals surface area (Å²) in [4.78, 5) is 48.5. The number of rotatable bonds is 8. The highest BCUT2D eigenvalue weighted by Crippen LogP contribution is 2.61. The van der Waals surface area contributed by atoms with Gasteiger partial charge >= 0.3 is 5.97 Å². The molecule has 2 aromatic heterocycles. The number of nitrogens with two attached hydrogens (primary N) is 1. The number of hydrogen-bond acceptors (Lipinski definition) is 14. The molecule has 6 rings (SSSR count). The third kappa shape index (κ3) is 4.54. The molecule has 5 atom stereocenters. The molecule has 1 aliphatic rings. The molecule has 16 nitrogen and oxygen atoms in total. The number of aliphatic hydroxyl groups is 3. The highest BCUT2D eigenvalue weighted by atomic mass is 16.6. The topological polar surface area (TPSA) is 280 Å². The normalized spacial score (nSPS) is 23.0. The number of imidazole rings is 1. The second-order valence-electron chi connectivity index (χ2n) is 10.7. The number of carbonyl (C=O) groups is 3. The van der Waals surface area contributed by atoms with E-state index >= 15 is 0 Å². The van der Waals surface area contributed by atoms with Gasteiger partial charge in [-0.15, -0.1) is 0 Å². The minimum absolute atomic E-state index is 0.348. The molecule has 1 aliphatic heterocycles. The standard InChI is InChI=1S/C31H25N5O11/c32-29-34-23-20(24(38)35-29)33-13-36(23)28-31(46,19-12-6-4-10-17(19)27(43)44)30(45,18-11-5-3-9-16(18)26(41)42)22(47-28)21(37)14-7-1-2-8-15(14)25(39)40/h1-13,21-22,28,37,45-46H,(H,39,40)(H,41,42)(H,43,44)(H3,32,34,35,38)/p-3/t21?,22-,28-,30-,31+/m1/s1. The molecule has 0 spiro atoms. The molecule has 47 heavy (non-hydrogen) atoms. The summed E-state index contributed by atoms with van der Waals surface area (Å²) in [5.74, 6) is -6.60. The molecule has 1 unspecified atom stereocenters. The number of carbonyl (C=O) groups excluding carboxylic acids is 2. The molecule has 3 heterocycles. The first-order chi connectivity index (χ1) is 22.3. The van der Waals surface area contributed by atoms with Crippen LogP contribution >= 0.6 is 0 Å². The maximum absolute atomic E-state index is 13.1. The quantitative estimate of drug-likeness (QED) is 0.127. The fourth-order valence-electron chi connectivity index (χ4n) is 6.19. The van der Waals surface area contributed by atoms with Crippen LogP contribution in [-0.2, 0) is 15.9 Å². The van der Waals surface area contributed by atoms with Crippen LogP contribution in [0.25, 0.3) is 11.2 Å². The van der Waals surface area contributed by atoms with Gasteiger partial charge in [-0.05, 0) is 17.2 Å². The minimum Gasteiger partial charge on any atom is -0.857 e. The van der Waals surface area contributed by atoms with Gasteiger partial charge in [-0.1, -0.05) is 66.7 Å². The average molecular weight is 641 g/mol. The molecule has 1 saturated heterocycles. The number of anilines is 1. The number of carboxylic acids is 3. The summed E-state index contributed by atoms with van der Waals surface area (Å²) < 4.78 is 7.13. The van der Waals surface area contributed by atoms with Gasteiger partial charge in [-0.2, -0.15) is 4.98 Å². The van der Waals surface area contributed by atoms with Crippen LogP contribution in [0.1, 0.15) is 60.1 Å². The number of benzene rings is 3. The lowest BCUT2D eigenvalue weighted by Crippen LogP contribution is -2.56. The van der Waals surface area contributed by atoms with Gasteiger partial charge in [0.2, 0.25) is 5.95 Å². The number of aromatic carboxylic acids is 3. The summed E-state index contributed by atoms with van der Waals surface area (Å²) in [6, 6.07) is 14.5. The van der Waals surface area contributed by atoms with Crippen LogP contribution in [0.15, 0.2) is 79.1 Å². The van der Waals surface area contributed by atoms with Crippen LogP contribution in [0.5, 0.6) is 5.88 Å². The van der Waals surface area contributed by atoms with Crippen molar-refractivity contribution in [2.24, 2.45) is 0 Å². The second kappa shape index (κ2) is 11.1. The zero-order valence-electron chi connectivity index (χ0n) is 23.8. The molecule has 5 aromatic rings. The van der Waals surface area contributed by atoms with Gasteiger partial charge < -0.3 is 55.8 Å². The summed E-state index contributed by atoms with van der Waals surface area (Å²) in [5.41, 5.74) is -4.60. The van der Waals surface area contributed by atoms with Gasteiger partial charge in [-0.25, -0.2) is 14.8 Å². The largest absolute Gasteiger partial charge is 0.857 e. The van der Waals surface area contributed by atoms with E-state index in [1.807, 2.05) is 0 Å². The minimum atomic E-state index is -3.16. The SMILES string of the molecule is Nc1nc([O-])c2ncn([C@@H]3O[C@H](C(O)c4ccccc4C(=O)[O-])[C@](O)(c4ccccc4C(=O)[O-])[C@]3(O)c3ccccc3C(=O)O)c2n1. The molecular formula is C31H22N5O11-3. The second-order valence-corrected chi connectivity index (χ2v) is 10.7. The Morgan fingerprint density at radius 3 is 2.02 bits per heavy atom. The average Bonchev–Trinajstić information content (AvgIpc) is 3.57. The van der Waals surface area contributed by atoms with Crippen molar-refractivity contribution in [3.05, 3.63) is 113 Å². The van der Waals surface area contributed by atoms with E-state index in [4.69, 9.17) is 10.5 Å². The Morgan fingerprint density at radius 1 is 0.851 bits per heavy atom. The number of aliphatic hydroxyl groups excluding tert-OH is 1. The van der Waals surface area contributed by atoms with Crippen molar-refractivity contribution in [2.45, 2.75) is 29.6 Å². The van der Waals surface area contributed by atoms with Gasteiger partial charge in [0.05, 0.1) is 23.8 Å². The van der Waals surface area contributed by atoms with E-state index in [2.05, 4.69) is 15.0 Å². The molecule has 3 aromatic carbocycles. The number of hydrogen-bond donors (Lipinski definition) is 5. The van der Waals surface area contributed by atoms with Gasteiger partial charge in [0.25, 0.3) is 0 Å². The maximum atomic E-state index is 13.1. The van der Waals surface area contributed by atoms with E-state index in [-0.39, 0.29) is 16.7 Å². The Hall–Kier alpha value is -5.94. The van der Waals surface area contributed by atoms with Crippen LogP contribution in [0.4, 0.5) is 5.95 Å². The molecule has 1 fully saturated rings. The zero-order valence-corrected chi connectivity index (χ0v) is 23.8. The van der Waals surface area contributed by atoms with Crippen LogP contribution in [0.2, 0.25) is 0 Å². The molecule has 0 radical (unpaired) electrons. The van der Waals surface area contributed by atoms with Crippen molar-refractivity contribution in [2.75, 3.05) is 5.73 Å². The molecule has 6 N–H and O–H groups in total. The monoisotopic (exact) mass is 640 g/mol. The molecular weight excluding hydrogens is 618 g/mol. The van der Waals surface area contributed by atoms with Gasteiger partial charge in [0.15, 0.2) is 23.1 Å². The van der Waals surface area contributed by atoms with Crippen molar-refractivity contribution in [3.63, 3.8) is 0 Å². The van der Waals surface area contributed by atoms with Crippen molar-refractivity contribution in [1.82, 2.24) is 19.5 Å². The summed E-state index contributed by atoms with van der Waals surface area (Å²) in [7, 11) is 0. The maximum Gasteiger partial charge on any atom is 0.336 e. The van der Waals surface area contributed by atoms with Crippen molar-refractivity contribution < 1.29 is 54.9 Å². The molecule has 0 saturated carbocycles. The smallest absolute Gasteiger partial charge is 0.336 e. The van der Waals surface area contributed by atoms with Crippen molar-refractivity contribution >= 4 is 35.0 Å². The van der Waals surface area contributed by atoms with Crippen LogP contribution in [0.3, 0.4) is 0 Å². The number of aromatic nitrogens is 4. The van der Waals surface area contributed by atoms with E-state index in [1.165, 1.54) is 42.5 Å². The Labute approximate surface area is 263 Å². The first kappa shape index (κ1) is 31.1. The van der Waals surface area contributed by atoms with Crippen LogP contribution in [0, 0.1) is 0 Å².